The Hall–Kier alpha value is -2.05. The molecular formula is C13H15F3N4. The van der Waals surface area contributed by atoms with Crippen LogP contribution in [0, 0.1) is 0 Å². The number of hydrogen-bond acceptors (Lipinski definition) is 3. The standard InChI is InChI=1S/C13H15F3N4/c1-2-5-17-12-4-3-10(6-18-12)8-20-9-11(7-19-20)13(14,15)16/h3-4,6-7,9H,2,5,8H2,1H3,(H,17,18). The zero-order chi connectivity index (χ0) is 14.6. The third-order valence-electron chi connectivity index (χ3n) is 2.69. The van der Waals surface area contributed by atoms with Gasteiger partial charge in [0.15, 0.2) is 0 Å². The fraction of sp³-hybridized carbons (Fsp3) is 0.385. The summed E-state index contributed by atoms with van der Waals surface area (Å²) < 4.78 is 38.6. The summed E-state index contributed by atoms with van der Waals surface area (Å²) in [5.74, 6) is 0.757. The van der Waals surface area contributed by atoms with Crippen LogP contribution in [0.1, 0.15) is 24.5 Å². The third-order valence-corrected chi connectivity index (χ3v) is 2.69. The summed E-state index contributed by atoms with van der Waals surface area (Å²) in [6, 6.07) is 3.62. The van der Waals surface area contributed by atoms with Gasteiger partial charge in [-0.15, -0.1) is 0 Å². The van der Waals surface area contributed by atoms with Gasteiger partial charge in [-0.2, -0.15) is 18.3 Å². The number of halogens is 3. The van der Waals surface area contributed by atoms with Gasteiger partial charge >= 0.3 is 6.18 Å². The highest BCUT2D eigenvalue weighted by atomic mass is 19.4. The van der Waals surface area contributed by atoms with Crippen molar-refractivity contribution < 1.29 is 13.2 Å². The van der Waals surface area contributed by atoms with E-state index in [9.17, 15) is 13.2 Å². The van der Waals surface area contributed by atoms with Crippen LogP contribution in [0.5, 0.6) is 0 Å². The molecule has 0 aliphatic heterocycles. The van der Waals surface area contributed by atoms with Gasteiger partial charge in [0.25, 0.3) is 0 Å². The van der Waals surface area contributed by atoms with Crippen molar-refractivity contribution in [2.75, 3.05) is 11.9 Å². The van der Waals surface area contributed by atoms with Crippen molar-refractivity contribution in [2.24, 2.45) is 0 Å². The van der Waals surface area contributed by atoms with Crippen LogP contribution < -0.4 is 5.32 Å². The molecular weight excluding hydrogens is 269 g/mol. The van der Waals surface area contributed by atoms with Crippen LogP contribution in [0.2, 0.25) is 0 Å². The quantitative estimate of drug-likeness (QED) is 0.917. The Morgan fingerprint density at radius 3 is 2.60 bits per heavy atom. The van der Waals surface area contributed by atoms with Crippen LogP contribution in [0.4, 0.5) is 19.0 Å². The van der Waals surface area contributed by atoms with Crippen molar-refractivity contribution in [1.29, 1.82) is 0 Å². The molecule has 0 radical (unpaired) electrons. The van der Waals surface area contributed by atoms with Gasteiger partial charge in [-0.25, -0.2) is 4.98 Å². The molecule has 0 aromatic carbocycles. The van der Waals surface area contributed by atoms with Gasteiger partial charge in [0.2, 0.25) is 0 Å². The number of anilines is 1. The average Bonchev–Trinajstić information content (AvgIpc) is 2.86. The van der Waals surface area contributed by atoms with Gasteiger partial charge in [0.05, 0.1) is 18.3 Å². The van der Waals surface area contributed by atoms with Gasteiger partial charge in [-0.3, -0.25) is 4.68 Å². The summed E-state index contributed by atoms with van der Waals surface area (Å²) in [4.78, 5) is 4.19. The molecule has 0 spiro atoms. The monoisotopic (exact) mass is 284 g/mol. The van der Waals surface area contributed by atoms with E-state index >= 15 is 0 Å². The molecule has 0 unspecified atom stereocenters. The Balaban J connectivity index is 2.01. The molecule has 2 aromatic rings. The van der Waals surface area contributed by atoms with Crippen molar-refractivity contribution in [2.45, 2.75) is 26.1 Å². The molecule has 0 aliphatic rings. The van der Waals surface area contributed by atoms with Crippen molar-refractivity contribution >= 4 is 5.82 Å². The maximum Gasteiger partial charge on any atom is 0.419 e. The summed E-state index contributed by atoms with van der Waals surface area (Å²) in [6.07, 6.45) is 0.0855. The molecule has 0 saturated carbocycles. The lowest BCUT2D eigenvalue weighted by Crippen LogP contribution is -2.05. The van der Waals surface area contributed by atoms with Crippen LogP contribution in [-0.2, 0) is 12.7 Å². The first kappa shape index (κ1) is 14.4. The Labute approximate surface area is 114 Å². The number of aromatic nitrogens is 3. The van der Waals surface area contributed by atoms with E-state index < -0.39 is 11.7 Å². The molecule has 20 heavy (non-hydrogen) atoms. The minimum absolute atomic E-state index is 0.261. The summed E-state index contributed by atoms with van der Waals surface area (Å²) in [7, 11) is 0. The average molecular weight is 284 g/mol. The van der Waals surface area contributed by atoms with Crippen LogP contribution in [0.3, 0.4) is 0 Å². The van der Waals surface area contributed by atoms with Crippen molar-refractivity contribution in [3.05, 3.63) is 41.9 Å². The predicted molar refractivity (Wildman–Crippen MR) is 69.3 cm³/mol. The van der Waals surface area contributed by atoms with E-state index in [1.807, 2.05) is 6.07 Å². The lowest BCUT2D eigenvalue weighted by Gasteiger charge is -2.05. The van der Waals surface area contributed by atoms with Crippen LogP contribution in [-0.4, -0.2) is 21.3 Å². The summed E-state index contributed by atoms with van der Waals surface area (Å²) >= 11 is 0. The number of nitrogens with one attached hydrogen (secondary N) is 1. The van der Waals surface area contributed by atoms with E-state index in [-0.39, 0.29) is 6.54 Å². The zero-order valence-corrected chi connectivity index (χ0v) is 11.0. The molecule has 0 bridgehead atoms. The normalized spacial score (nSPS) is 11.6. The van der Waals surface area contributed by atoms with Gasteiger partial charge in [-0.1, -0.05) is 13.0 Å². The summed E-state index contributed by atoms with van der Waals surface area (Å²) in [6.45, 7) is 3.15. The lowest BCUT2D eigenvalue weighted by atomic mass is 10.3. The molecule has 2 aromatic heterocycles. The topological polar surface area (TPSA) is 42.7 Å². The summed E-state index contributed by atoms with van der Waals surface area (Å²) in [5.41, 5.74) is 0.0514. The molecule has 4 nitrogen and oxygen atoms in total. The Kier molecular flexibility index (Phi) is 4.26. The van der Waals surface area contributed by atoms with Gasteiger partial charge in [0, 0.05) is 18.9 Å². The molecule has 7 heteroatoms. The fourth-order valence-electron chi connectivity index (χ4n) is 1.66. The van der Waals surface area contributed by atoms with Crippen molar-refractivity contribution in [3.8, 4) is 0 Å². The fourth-order valence-corrected chi connectivity index (χ4v) is 1.66. The molecule has 0 saturated heterocycles. The minimum atomic E-state index is -4.36. The highest BCUT2D eigenvalue weighted by molar-refractivity contribution is 5.35. The maximum atomic E-state index is 12.4. The molecule has 2 rings (SSSR count). The molecule has 1 N–H and O–H groups in total. The molecule has 2 heterocycles. The second kappa shape index (κ2) is 5.94. The molecule has 0 atom stereocenters. The largest absolute Gasteiger partial charge is 0.419 e. The Morgan fingerprint density at radius 2 is 2.05 bits per heavy atom. The first-order chi connectivity index (χ1) is 9.49. The highest BCUT2D eigenvalue weighted by Gasteiger charge is 2.32. The number of hydrogen-bond donors (Lipinski definition) is 1. The number of pyridine rings is 1. The summed E-state index contributed by atoms with van der Waals surface area (Å²) in [5, 5.41) is 6.83. The number of alkyl halides is 3. The predicted octanol–water partition coefficient (Wildman–Crippen LogP) is 3.17. The van der Waals surface area contributed by atoms with E-state index in [1.54, 1.807) is 12.3 Å². The van der Waals surface area contributed by atoms with E-state index in [0.29, 0.717) is 0 Å². The van der Waals surface area contributed by atoms with Gasteiger partial charge < -0.3 is 5.32 Å². The van der Waals surface area contributed by atoms with E-state index in [2.05, 4.69) is 22.3 Å². The zero-order valence-electron chi connectivity index (χ0n) is 11.0. The molecule has 0 aliphatic carbocycles. The Bertz CT molecular complexity index is 545. The van der Waals surface area contributed by atoms with Crippen LogP contribution in [0.15, 0.2) is 30.7 Å². The van der Waals surface area contributed by atoms with E-state index in [0.717, 1.165) is 36.7 Å². The number of rotatable bonds is 5. The minimum Gasteiger partial charge on any atom is -0.370 e. The lowest BCUT2D eigenvalue weighted by molar-refractivity contribution is -0.137. The van der Waals surface area contributed by atoms with Crippen LogP contribution >= 0.6 is 0 Å². The smallest absolute Gasteiger partial charge is 0.370 e. The third kappa shape index (κ3) is 3.72. The molecule has 0 fully saturated rings. The Morgan fingerprint density at radius 1 is 1.25 bits per heavy atom. The number of nitrogens with zero attached hydrogens (tertiary/aromatic N) is 3. The first-order valence-electron chi connectivity index (χ1n) is 6.27. The molecule has 108 valence electrons. The van der Waals surface area contributed by atoms with E-state index in [1.165, 1.54) is 4.68 Å². The second-order valence-electron chi connectivity index (χ2n) is 4.40. The van der Waals surface area contributed by atoms with Gasteiger partial charge in [-0.05, 0) is 18.1 Å². The SMILES string of the molecule is CCCNc1ccc(Cn2cc(C(F)(F)F)cn2)cn1. The van der Waals surface area contributed by atoms with Crippen molar-refractivity contribution in [1.82, 2.24) is 14.8 Å². The second-order valence-corrected chi connectivity index (χ2v) is 4.40. The van der Waals surface area contributed by atoms with E-state index in [4.69, 9.17) is 0 Å². The van der Waals surface area contributed by atoms with Crippen molar-refractivity contribution in [3.63, 3.8) is 0 Å². The highest BCUT2D eigenvalue weighted by Crippen LogP contribution is 2.28. The maximum absolute atomic E-state index is 12.4. The van der Waals surface area contributed by atoms with Gasteiger partial charge in [0.1, 0.15) is 5.82 Å². The first-order valence-corrected chi connectivity index (χ1v) is 6.27. The molecule has 0 amide bonds. The van der Waals surface area contributed by atoms with Crippen LogP contribution in [0.25, 0.3) is 0 Å².